The molecule has 0 fully saturated rings. The molecule has 0 aliphatic carbocycles. The molecule has 0 amide bonds. The van der Waals surface area contributed by atoms with Crippen molar-refractivity contribution >= 4 is 29.2 Å². The van der Waals surface area contributed by atoms with Crippen molar-refractivity contribution in [3.05, 3.63) is 28.3 Å². The van der Waals surface area contributed by atoms with E-state index in [-0.39, 0.29) is 18.0 Å². The van der Waals surface area contributed by atoms with Gasteiger partial charge in [-0.05, 0) is 6.07 Å². The van der Waals surface area contributed by atoms with Gasteiger partial charge in [0.25, 0.3) is 5.69 Å². The topological polar surface area (TPSA) is 95.7 Å². The lowest BCUT2D eigenvalue weighted by atomic mass is 10.3. The Kier molecular flexibility index (Phi) is 3.70. The molecule has 1 heterocycles. The number of nitro benzene ring substituents is 1. The number of fused-ring (bicyclic) bond motifs is 1. The van der Waals surface area contributed by atoms with E-state index in [2.05, 4.69) is 4.74 Å². The monoisotopic (exact) mass is 283 g/mol. The van der Waals surface area contributed by atoms with Crippen LogP contribution in [-0.4, -0.2) is 35.6 Å². The fraction of sp³-hybridized carbons (Fsp3) is 0.273. The van der Waals surface area contributed by atoms with E-state index in [0.717, 1.165) is 11.8 Å². The van der Waals surface area contributed by atoms with Crippen LogP contribution in [0.15, 0.2) is 23.1 Å². The van der Waals surface area contributed by atoms with E-state index in [1.807, 2.05) is 0 Å². The molecule has 19 heavy (non-hydrogen) atoms. The van der Waals surface area contributed by atoms with Crippen LogP contribution in [0.1, 0.15) is 0 Å². The number of rotatable bonds is 2. The maximum absolute atomic E-state index is 11.7. The van der Waals surface area contributed by atoms with Crippen LogP contribution in [0.25, 0.3) is 0 Å². The van der Waals surface area contributed by atoms with E-state index in [9.17, 15) is 19.7 Å². The summed E-state index contributed by atoms with van der Waals surface area (Å²) in [5.74, 6) is -0.876. The molecule has 8 heteroatoms. The molecule has 0 spiro atoms. The van der Waals surface area contributed by atoms with Crippen molar-refractivity contribution in [1.82, 2.24) is 0 Å². The van der Waals surface area contributed by atoms with Crippen LogP contribution in [-0.2, 0) is 14.3 Å². The summed E-state index contributed by atoms with van der Waals surface area (Å²) < 4.78 is 9.74. The second-order valence-corrected chi connectivity index (χ2v) is 4.81. The van der Waals surface area contributed by atoms with Crippen LogP contribution in [0.4, 0.5) is 5.69 Å². The molecule has 1 aliphatic heterocycles. The molecule has 0 radical (unpaired) electrons. The predicted octanol–water partition coefficient (Wildman–Crippen LogP) is 1.19. The number of Topliss-reactive ketones (excluding diaryl/α,β-unsaturated/α-hetero) is 1. The number of non-ortho nitro benzene ring substituents is 1. The minimum atomic E-state index is -1.01. The first-order valence-corrected chi connectivity index (χ1v) is 6.09. The number of esters is 1. The number of nitro groups is 1. The zero-order valence-corrected chi connectivity index (χ0v) is 10.6. The van der Waals surface area contributed by atoms with Gasteiger partial charge in [0.05, 0.1) is 23.0 Å². The molecule has 0 N–H and O–H groups in total. The summed E-state index contributed by atoms with van der Waals surface area (Å²) in [6.45, 7) is -0.319. The van der Waals surface area contributed by atoms with E-state index in [0.29, 0.717) is 4.90 Å². The van der Waals surface area contributed by atoms with Crippen molar-refractivity contribution in [3.8, 4) is 5.75 Å². The van der Waals surface area contributed by atoms with Gasteiger partial charge in [-0.1, -0.05) is 11.8 Å². The fourth-order valence-electron chi connectivity index (χ4n) is 1.52. The molecule has 1 aromatic rings. The van der Waals surface area contributed by atoms with Gasteiger partial charge in [-0.2, -0.15) is 0 Å². The molecule has 0 saturated heterocycles. The Morgan fingerprint density at radius 3 is 2.95 bits per heavy atom. The van der Waals surface area contributed by atoms with E-state index in [1.54, 1.807) is 0 Å². The highest BCUT2D eigenvalue weighted by atomic mass is 32.2. The third-order valence-corrected chi connectivity index (χ3v) is 3.74. The van der Waals surface area contributed by atoms with Crippen LogP contribution < -0.4 is 4.74 Å². The minimum absolute atomic E-state index is 0.136. The first kappa shape index (κ1) is 13.3. The Bertz CT molecular complexity index is 558. The van der Waals surface area contributed by atoms with Gasteiger partial charge in [0.2, 0.25) is 0 Å². The number of carbonyl (C=O) groups excluding carboxylic acids is 2. The minimum Gasteiger partial charge on any atom is -0.484 e. The molecule has 0 aromatic heterocycles. The normalized spacial score (nSPS) is 17.9. The van der Waals surface area contributed by atoms with Crippen molar-refractivity contribution in [2.75, 3.05) is 13.7 Å². The Hall–Kier alpha value is -2.09. The fourth-order valence-corrected chi connectivity index (χ4v) is 2.55. The van der Waals surface area contributed by atoms with Gasteiger partial charge in [0.15, 0.2) is 11.0 Å². The first-order valence-electron chi connectivity index (χ1n) is 5.21. The van der Waals surface area contributed by atoms with Crippen molar-refractivity contribution in [3.63, 3.8) is 0 Å². The Balaban J connectivity index is 2.35. The second kappa shape index (κ2) is 5.27. The quantitative estimate of drug-likeness (QED) is 0.348. The lowest BCUT2D eigenvalue weighted by Crippen LogP contribution is -2.30. The summed E-state index contributed by atoms with van der Waals surface area (Å²) in [7, 11) is 1.19. The largest absolute Gasteiger partial charge is 0.484 e. The molecule has 1 aromatic carbocycles. The number of carbonyl (C=O) groups is 2. The zero-order chi connectivity index (χ0) is 14.0. The molecule has 2 rings (SSSR count). The molecule has 100 valence electrons. The molecular weight excluding hydrogens is 274 g/mol. The van der Waals surface area contributed by atoms with Gasteiger partial charge >= 0.3 is 5.97 Å². The molecule has 1 aliphatic rings. The van der Waals surface area contributed by atoms with Crippen LogP contribution in [0, 0.1) is 10.1 Å². The highest BCUT2D eigenvalue weighted by Gasteiger charge is 2.33. The number of ketones is 1. The number of thioether (sulfide) groups is 1. The number of methoxy groups -OCH3 is 1. The van der Waals surface area contributed by atoms with Crippen molar-refractivity contribution < 1.29 is 24.0 Å². The maximum Gasteiger partial charge on any atom is 0.326 e. The maximum atomic E-state index is 11.7. The smallest absolute Gasteiger partial charge is 0.326 e. The van der Waals surface area contributed by atoms with E-state index >= 15 is 0 Å². The van der Waals surface area contributed by atoms with Crippen molar-refractivity contribution in [2.45, 2.75) is 10.1 Å². The summed E-state index contributed by atoms with van der Waals surface area (Å²) in [6.07, 6.45) is 0. The molecular formula is C11H9NO6S. The predicted molar refractivity (Wildman–Crippen MR) is 65.3 cm³/mol. The van der Waals surface area contributed by atoms with Crippen LogP contribution in [0.3, 0.4) is 0 Å². The zero-order valence-electron chi connectivity index (χ0n) is 9.82. The Morgan fingerprint density at radius 1 is 1.58 bits per heavy atom. The molecule has 7 nitrogen and oxygen atoms in total. The molecule has 0 bridgehead atoms. The highest BCUT2D eigenvalue weighted by molar-refractivity contribution is 8.01. The third kappa shape index (κ3) is 2.68. The lowest BCUT2D eigenvalue weighted by molar-refractivity contribution is -0.385. The van der Waals surface area contributed by atoms with Gasteiger partial charge in [-0.15, -0.1) is 0 Å². The number of hydrogen-bond acceptors (Lipinski definition) is 7. The average Bonchev–Trinajstić information content (AvgIpc) is 2.57. The Labute approximate surface area is 112 Å². The number of ether oxygens (including phenoxy) is 2. The third-order valence-electron chi connectivity index (χ3n) is 2.46. The van der Waals surface area contributed by atoms with E-state index in [4.69, 9.17) is 4.74 Å². The van der Waals surface area contributed by atoms with Crippen molar-refractivity contribution in [1.29, 1.82) is 0 Å². The summed E-state index contributed by atoms with van der Waals surface area (Å²) in [5, 5.41) is 9.65. The summed E-state index contributed by atoms with van der Waals surface area (Å²) in [5.41, 5.74) is -0.136. The van der Waals surface area contributed by atoms with Crippen LogP contribution in [0.2, 0.25) is 0 Å². The van der Waals surface area contributed by atoms with Gasteiger partial charge in [-0.25, -0.2) is 0 Å². The number of nitrogens with zero attached hydrogens (tertiary/aromatic N) is 1. The van der Waals surface area contributed by atoms with E-state index in [1.165, 1.54) is 25.3 Å². The first-order chi connectivity index (χ1) is 9.02. The van der Waals surface area contributed by atoms with Gasteiger partial charge in [0, 0.05) is 6.07 Å². The highest BCUT2D eigenvalue weighted by Crippen LogP contribution is 2.37. The summed E-state index contributed by atoms with van der Waals surface area (Å²) >= 11 is 0.967. The average molecular weight is 283 g/mol. The van der Waals surface area contributed by atoms with Crippen LogP contribution >= 0.6 is 11.8 Å². The number of benzene rings is 1. The van der Waals surface area contributed by atoms with Crippen LogP contribution in [0.5, 0.6) is 5.75 Å². The summed E-state index contributed by atoms with van der Waals surface area (Å²) in [6, 6.07) is 3.97. The molecule has 1 atom stereocenters. The standard InChI is InChI=1S/C11H9NO6S/c1-17-11(14)10-7(13)5-18-8-4-6(12(15)16)2-3-9(8)19-10/h2-4,10H,5H2,1H3. The van der Waals surface area contributed by atoms with Crippen molar-refractivity contribution in [2.24, 2.45) is 0 Å². The SMILES string of the molecule is COC(=O)C1Sc2ccc([N+](=O)[O-])cc2OCC1=O. The molecule has 1 unspecified atom stereocenters. The van der Waals surface area contributed by atoms with E-state index < -0.39 is 21.9 Å². The number of hydrogen-bond donors (Lipinski definition) is 0. The van der Waals surface area contributed by atoms with Gasteiger partial charge in [0.1, 0.15) is 12.4 Å². The Morgan fingerprint density at radius 2 is 2.32 bits per heavy atom. The second-order valence-electron chi connectivity index (χ2n) is 3.66. The van der Waals surface area contributed by atoms with Gasteiger partial charge < -0.3 is 9.47 Å². The lowest BCUT2D eigenvalue weighted by Gasteiger charge is -2.08. The summed E-state index contributed by atoms with van der Waals surface area (Å²) in [4.78, 5) is 33.8. The van der Waals surface area contributed by atoms with Gasteiger partial charge in [-0.3, -0.25) is 19.7 Å². The molecule has 0 saturated carbocycles.